The number of H-pyrrole nitrogens is 1. The van der Waals surface area contributed by atoms with Gasteiger partial charge in [0.25, 0.3) is 0 Å². The Balaban J connectivity index is 1.40. The molecular weight excluding hydrogens is 432 g/mol. The molecule has 0 aliphatic rings. The van der Waals surface area contributed by atoms with Crippen molar-refractivity contribution < 1.29 is 9.53 Å². The van der Waals surface area contributed by atoms with Gasteiger partial charge in [-0.15, -0.1) is 16.4 Å². The number of ether oxygens (including phenoxy) is 1. The highest BCUT2D eigenvalue weighted by Gasteiger charge is 2.12. The van der Waals surface area contributed by atoms with Gasteiger partial charge < -0.3 is 4.74 Å². The number of nitrogens with zero attached hydrogens (tertiary/aromatic N) is 3. The molecule has 2 heterocycles. The number of thioether (sulfide) groups is 1. The smallest absolute Gasteiger partial charge is 0.343 e. The van der Waals surface area contributed by atoms with Crippen molar-refractivity contribution in [2.24, 2.45) is 0 Å². The number of methoxy groups -OCH3 is 1. The van der Waals surface area contributed by atoms with Crippen LogP contribution in [0.2, 0.25) is 0 Å². The fourth-order valence-electron chi connectivity index (χ4n) is 3.01. The number of thiazole rings is 1. The van der Waals surface area contributed by atoms with E-state index in [0.29, 0.717) is 23.0 Å². The van der Waals surface area contributed by atoms with Gasteiger partial charge in [-0.05, 0) is 24.1 Å². The van der Waals surface area contributed by atoms with Crippen LogP contribution in [0, 0.1) is 0 Å². The molecule has 1 N–H and O–H groups in total. The Bertz CT molecular complexity index is 1210. The molecule has 158 valence electrons. The summed E-state index contributed by atoms with van der Waals surface area (Å²) in [4.78, 5) is 28.4. The second-order valence-electron chi connectivity index (χ2n) is 6.70. The van der Waals surface area contributed by atoms with Gasteiger partial charge >= 0.3 is 11.7 Å². The zero-order valence-corrected chi connectivity index (χ0v) is 18.4. The second-order valence-corrected chi connectivity index (χ2v) is 8.50. The van der Waals surface area contributed by atoms with Crippen molar-refractivity contribution in [2.45, 2.75) is 23.9 Å². The van der Waals surface area contributed by atoms with Crippen molar-refractivity contribution in [2.75, 3.05) is 7.11 Å². The Hall–Kier alpha value is -3.17. The number of hydrogen-bond acceptors (Lipinski definition) is 7. The van der Waals surface area contributed by atoms with E-state index in [-0.39, 0.29) is 11.7 Å². The molecule has 0 aliphatic carbocycles. The molecular formula is C22H20N4O3S2. The topological polar surface area (TPSA) is 89.9 Å². The number of aromatic nitrogens is 4. The summed E-state index contributed by atoms with van der Waals surface area (Å²) in [6.07, 6.45) is 0.760. The molecule has 0 fully saturated rings. The first-order chi connectivity index (χ1) is 15.1. The first kappa shape index (κ1) is 21.1. The normalized spacial score (nSPS) is 10.9. The van der Waals surface area contributed by atoms with Crippen LogP contribution in [0.25, 0.3) is 10.6 Å². The number of esters is 1. The molecule has 0 aliphatic heterocycles. The molecule has 0 saturated heterocycles. The predicted octanol–water partition coefficient (Wildman–Crippen LogP) is 4.02. The van der Waals surface area contributed by atoms with Crippen molar-refractivity contribution in [3.63, 3.8) is 0 Å². The minimum atomic E-state index is -0.361. The molecule has 0 atom stereocenters. The summed E-state index contributed by atoms with van der Waals surface area (Å²) in [5.41, 5.74) is 3.32. The van der Waals surface area contributed by atoms with E-state index >= 15 is 0 Å². The van der Waals surface area contributed by atoms with E-state index in [2.05, 4.69) is 15.2 Å². The standard InChI is InChI=1S/C22H20N4O3S2/c1-29-20(27)17-9-7-16(8-10-17)19-23-18(13-30-19)14-31-22-25-24-21(28)26(22)12-11-15-5-3-2-4-6-15/h2-10,13H,11-12,14H2,1H3,(H,24,28). The Morgan fingerprint density at radius 1 is 1.16 bits per heavy atom. The van der Waals surface area contributed by atoms with E-state index in [1.807, 2.05) is 47.8 Å². The summed E-state index contributed by atoms with van der Waals surface area (Å²) in [6, 6.07) is 17.2. The van der Waals surface area contributed by atoms with E-state index in [0.717, 1.165) is 22.7 Å². The number of carbonyl (C=O) groups is 1. The molecule has 4 rings (SSSR count). The highest BCUT2D eigenvalue weighted by atomic mass is 32.2. The Morgan fingerprint density at radius 2 is 1.94 bits per heavy atom. The zero-order chi connectivity index (χ0) is 21.6. The average molecular weight is 453 g/mol. The van der Waals surface area contributed by atoms with E-state index in [1.54, 1.807) is 16.7 Å². The van der Waals surface area contributed by atoms with Gasteiger partial charge in [0.15, 0.2) is 5.16 Å². The third kappa shape index (κ3) is 5.12. The Kier molecular flexibility index (Phi) is 6.63. The average Bonchev–Trinajstić information content (AvgIpc) is 3.43. The van der Waals surface area contributed by atoms with Crippen LogP contribution in [0.3, 0.4) is 0 Å². The third-order valence-corrected chi connectivity index (χ3v) is 6.59. The van der Waals surface area contributed by atoms with Gasteiger partial charge in [0.2, 0.25) is 0 Å². The predicted molar refractivity (Wildman–Crippen MR) is 121 cm³/mol. The molecule has 0 saturated carbocycles. The van der Waals surface area contributed by atoms with Gasteiger partial charge in [-0.1, -0.05) is 54.2 Å². The molecule has 7 nitrogen and oxygen atoms in total. The van der Waals surface area contributed by atoms with Crippen LogP contribution in [0.4, 0.5) is 0 Å². The fraction of sp³-hybridized carbons (Fsp3) is 0.182. The van der Waals surface area contributed by atoms with Gasteiger partial charge in [0.05, 0.1) is 18.4 Å². The van der Waals surface area contributed by atoms with Crippen molar-refractivity contribution in [3.05, 3.63) is 87.3 Å². The quantitative estimate of drug-likeness (QED) is 0.321. The number of aromatic amines is 1. The lowest BCUT2D eigenvalue weighted by molar-refractivity contribution is 0.0601. The molecule has 0 bridgehead atoms. The monoisotopic (exact) mass is 452 g/mol. The molecule has 31 heavy (non-hydrogen) atoms. The van der Waals surface area contributed by atoms with Crippen molar-refractivity contribution in [1.29, 1.82) is 0 Å². The zero-order valence-electron chi connectivity index (χ0n) is 16.8. The van der Waals surface area contributed by atoms with E-state index in [1.165, 1.54) is 35.8 Å². The summed E-state index contributed by atoms with van der Waals surface area (Å²) in [7, 11) is 1.36. The summed E-state index contributed by atoms with van der Waals surface area (Å²) < 4.78 is 6.39. The summed E-state index contributed by atoms with van der Waals surface area (Å²) in [6.45, 7) is 0.566. The van der Waals surface area contributed by atoms with Crippen molar-refractivity contribution in [1.82, 2.24) is 19.7 Å². The third-order valence-electron chi connectivity index (χ3n) is 4.64. The van der Waals surface area contributed by atoms with E-state index in [4.69, 9.17) is 4.74 Å². The number of aryl methyl sites for hydroxylation is 1. The number of nitrogens with one attached hydrogen (secondary N) is 1. The lowest BCUT2D eigenvalue weighted by atomic mass is 10.1. The molecule has 0 spiro atoms. The molecule has 0 amide bonds. The molecule has 0 radical (unpaired) electrons. The minimum absolute atomic E-state index is 0.205. The van der Waals surface area contributed by atoms with Gasteiger partial charge in [0, 0.05) is 23.2 Å². The fourth-order valence-corrected chi connectivity index (χ4v) is 4.80. The van der Waals surface area contributed by atoms with Gasteiger partial charge in [0.1, 0.15) is 5.01 Å². The number of carbonyl (C=O) groups excluding carboxylic acids is 1. The van der Waals surface area contributed by atoms with Crippen LogP contribution in [0.15, 0.2) is 69.9 Å². The first-order valence-electron chi connectivity index (χ1n) is 9.59. The lowest BCUT2D eigenvalue weighted by Crippen LogP contribution is -2.18. The molecule has 2 aromatic carbocycles. The Morgan fingerprint density at radius 3 is 2.68 bits per heavy atom. The minimum Gasteiger partial charge on any atom is -0.465 e. The van der Waals surface area contributed by atoms with Crippen LogP contribution < -0.4 is 5.69 Å². The molecule has 2 aromatic heterocycles. The highest BCUT2D eigenvalue weighted by molar-refractivity contribution is 7.98. The van der Waals surface area contributed by atoms with Gasteiger partial charge in [-0.2, -0.15) is 0 Å². The van der Waals surface area contributed by atoms with Crippen LogP contribution in [-0.4, -0.2) is 32.8 Å². The van der Waals surface area contributed by atoms with E-state index in [9.17, 15) is 9.59 Å². The second kappa shape index (κ2) is 9.76. The van der Waals surface area contributed by atoms with Gasteiger partial charge in [-0.25, -0.2) is 19.7 Å². The molecule has 0 unspecified atom stereocenters. The van der Waals surface area contributed by atoms with Crippen LogP contribution in [0.1, 0.15) is 21.6 Å². The SMILES string of the molecule is COC(=O)c1ccc(-c2nc(CSc3n[nH]c(=O)n3CCc3ccccc3)cs2)cc1. The summed E-state index contributed by atoms with van der Waals surface area (Å²) in [5, 5.41) is 10.2. The lowest BCUT2D eigenvalue weighted by Gasteiger charge is -2.05. The van der Waals surface area contributed by atoms with Crippen molar-refractivity contribution in [3.8, 4) is 10.6 Å². The largest absolute Gasteiger partial charge is 0.465 e. The number of benzene rings is 2. The van der Waals surface area contributed by atoms with Crippen molar-refractivity contribution >= 4 is 29.1 Å². The van der Waals surface area contributed by atoms with Crippen LogP contribution in [0.5, 0.6) is 0 Å². The summed E-state index contributed by atoms with van der Waals surface area (Å²) in [5.74, 6) is 0.243. The highest BCUT2D eigenvalue weighted by Crippen LogP contribution is 2.27. The maximum atomic E-state index is 12.1. The maximum absolute atomic E-state index is 12.1. The molecule has 4 aromatic rings. The first-order valence-corrected chi connectivity index (χ1v) is 11.5. The number of rotatable bonds is 8. The summed E-state index contributed by atoms with van der Waals surface area (Å²) >= 11 is 3.01. The maximum Gasteiger partial charge on any atom is 0.343 e. The van der Waals surface area contributed by atoms with Gasteiger partial charge in [-0.3, -0.25) is 4.57 Å². The van der Waals surface area contributed by atoms with Crippen LogP contribution in [-0.2, 0) is 23.5 Å². The number of hydrogen-bond donors (Lipinski definition) is 1. The van der Waals surface area contributed by atoms with E-state index < -0.39 is 0 Å². The van der Waals surface area contributed by atoms with Crippen LogP contribution >= 0.6 is 23.1 Å². The molecule has 9 heteroatoms. The Labute approximate surface area is 187 Å².